The highest BCUT2D eigenvalue weighted by Gasteiger charge is 2.77. The smallest absolute Gasteiger partial charge is 0.312 e. The van der Waals surface area contributed by atoms with Gasteiger partial charge in [0.25, 0.3) is 0 Å². The van der Waals surface area contributed by atoms with Gasteiger partial charge in [0, 0.05) is 31.1 Å². The van der Waals surface area contributed by atoms with Crippen LogP contribution >= 0.6 is 15.9 Å². The monoisotopic (exact) mass is 540 g/mol. The molecule has 0 saturated carbocycles. The number of rotatable bonds is 14. The first-order valence-corrected chi connectivity index (χ1v) is 13.2. The number of hydrogen-bond acceptors (Lipinski definition) is 6. The van der Waals surface area contributed by atoms with E-state index in [9.17, 15) is 19.5 Å². The van der Waals surface area contributed by atoms with Gasteiger partial charge in [-0.25, -0.2) is 0 Å². The maximum atomic E-state index is 13.9. The number of hydrogen-bond donors (Lipinski definition) is 1. The van der Waals surface area contributed by atoms with E-state index >= 15 is 0 Å². The molecule has 0 aromatic heterocycles. The summed E-state index contributed by atoms with van der Waals surface area (Å²) in [6, 6.07) is -0.850. The minimum Gasteiger partial charge on any atom is -0.465 e. The lowest BCUT2D eigenvalue weighted by Gasteiger charge is -2.37. The zero-order chi connectivity index (χ0) is 24.9. The first kappa shape index (κ1) is 26.9. The lowest BCUT2D eigenvalue weighted by Crippen LogP contribution is -2.57. The number of fused-ring (bicyclic) bond motifs is 1. The number of carbonyl (C=O) groups is 3. The van der Waals surface area contributed by atoms with Crippen molar-refractivity contribution in [1.82, 2.24) is 9.80 Å². The molecule has 2 bridgehead atoms. The van der Waals surface area contributed by atoms with Crippen LogP contribution in [0.2, 0.25) is 0 Å². The molecule has 9 heteroatoms. The molecule has 6 atom stereocenters. The fourth-order valence-corrected chi connectivity index (χ4v) is 6.57. The molecule has 1 spiro atoms. The molecule has 3 aliphatic rings. The van der Waals surface area contributed by atoms with Crippen LogP contribution in [-0.4, -0.2) is 88.1 Å². The van der Waals surface area contributed by atoms with Gasteiger partial charge in [0.1, 0.15) is 11.6 Å². The summed E-state index contributed by atoms with van der Waals surface area (Å²) in [4.78, 5) is 43.9. The number of nitrogens with zero attached hydrogens (tertiary/aromatic N) is 2. The molecule has 1 N–H and O–H groups in total. The Morgan fingerprint density at radius 3 is 2.74 bits per heavy atom. The van der Waals surface area contributed by atoms with E-state index in [0.29, 0.717) is 32.4 Å². The van der Waals surface area contributed by atoms with Gasteiger partial charge >= 0.3 is 5.97 Å². The van der Waals surface area contributed by atoms with E-state index in [1.807, 2.05) is 0 Å². The highest BCUT2D eigenvalue weighted by molar-refractivity contribution is 9.09. The number of alkyl halides is 1. The maximum Gasteiger partial charge on any atom is 0.312 e. The minimum atomic E-state index is -1.10. The Balaban J connectivity index is 1.94. The Morgan fingerprint density at radius 2 is 2.09 bits per heavy atom. The van der Waals surface area contributed by atoms with Crippen molar-refractivity contribution in [3.8, 4) is 0 Å². The molecule has 3 saturated heterocycles. The van der Waals surface area contributed by atoms with Gasteiger partial charge in [0.05, 0.1) is 24.5 Å². The number of amides is 2. The lowest BCUT2D eigenvalue weighted by molar-refractivity contribution is -0.155. The number of allylic oxidation sites excluding steroid dienone is 1. The zero-order valence-corrected chi connectivity index (χ0v) is 21.6. The number of aliphatic hydroxyl groups excluding tert-OH is 1. The van der Waals surface area contributed by atoms with E-state index in [4.69, 9.17) is 9.47 Å². The average Bonchev–Trinajstić information content (AvgIpc) is 3.41. The Hall–Kier alpha value is -1.71. The summed E-state index contributed by atoms with van der Waals surface area (Å²) in [7, 11) is 0. The highest BCUT2D eigenvalue weighted by atomic mass is 79.9. The van der Waals surface area contributed by atoms with Gasteiger partial charge < -0.3 is 24.4 Å². The van der Waals surface area contributed by atoms with Crippen LogP contribution in [0, 0.1) is 11.8 Å². The third-order valence-electron chi connectivity index (χ3n) is 7.09. The molecular formula is C25H37BrN2O6. The first-order chi connectivity index (χ1) is 16.4. The molecule has 3 fully saturated rings. The molecule has 2 amide bonds. The standard InChI is InChI=1S/C25H37BrN2O6/c1-4-7-9-15-33-24(32)18-19-22(30)28(13-10-14-29)21(25(19)16-17(26)20(18)34-25)23(31)27(11-6-3)12-8-5-2/h4,6,17-21,29H,1,3,5,7-16H2,2H3/t17?,18-,19-,20-,21?,25?/m0/s1. The van der Waals surface area contributed by atoms with Crippen LogP contribution < -0.4 is 0 Å². The molecule has 0 radical (unpaired) electrons. The second-order valence-corrected chi connectivity index (χ2v) is 10.5. The van der Waals surface area contributed by atoms with Crippen molar-refractivity contribution in [2.24, 2.45) is 11.8 Å². The third-order valence-corrected chi connectivity index (χ3v) is 7.94. The second kappa shape index (κ2) is 11.8. The van der Waals surface area contributed by atoms with E-state index in [2.05, 4.69) is 36.0 Å². The van der Waals surface area contributed by atoms with Crippen LogP contribution in [0.5, 0.6) is 0 Å². The molecule has 3 aliphatic heterocycles. The van der Waals surface area contributed by atoms with Gasteiger partial charge in [-0.05, 0) is 32.1 Å². The summed E-state index contributed by atoms with van der Waals surface area (Å²) in [5.41, 5.74) is -1.10. The topological polar surface area (TPSA) is 96.4 Å². The number of esters is 1. The summed E-state index contributed by atoms with van der Waals surface area (Å²) < 4.78 is 12.0. The van der Waals surface area contributed by atoms with Crippen molar-refractivity contribution in [3.63, 3.8) is 0 Å². The molecule has 8 nitrogen and oxygen atoms in total. The molecule has 0 aromatic rings. The molecule has 0 aromatic carbocycles. The minimum absolute atomic E-state index is 0.103. The normalized spacial score (nSPS) is 31.4. The fraction of sp³-hybridized carbons (Fsp3) is 0.720. The Morgan fingerprint density at radius 1 is 1.32 bits per heavy atom. The fourth-order valence-electron chi connectivity index (χ4n) is 5.63. The Kier molecular flexibility index (Phi) is 9.34. The SMILES string of the molecule is C=CCCCOC(=O)[C@H]1[C@H]2C(=O)N(CCCO)C(C(=O)N(CC=C)CCCC)C23CC(Br)[C@@H]1O3. The van der Waals surface area contributed by atoms with Crippen molar-refractivity contribution in [3.05, 3.63) is 25.3 Å². The van der Waals surface area contributed by atoms with E-state index < -0.39 is 35.6 Å². The lowest BCUT2D eigenvalue weighted by atomic mass is 9.70. The van der Waals surface area contributed by atoms with Crippen LogP contribution in [0.4, 0.5) is 0 Å². The number of aliphatic hydroxyl groups is 1. The van der Waals surface area contributed by atoms with Crippen molar-refractivity contribution in [1.29, 1.82) is 0 Å². The second-order valence-electron chi connectivity index (χ2n) is 9.30. The Bertz CT molecular complexity index is 791. The van der Waals surface area contributed by atoms with Gasteiger partial charge in [0.15, 0.2) is 0 Å². The number of carbonyl (C=O) groups excluding carboxylic acids is 3. The molecule has 3 heterocycles. The molecule has 190 valence electrons. The number of halogens is 1. The van der Waals surface area contributed by atoms with E-state index in [0.717, 1.165) is 19.3 Å². The van der Waals surface area contributed by atoms with Gasteiger partial charge in [-0.2, -0.15) is 0 Å². The Labute approximate surface area is 210 Å². The molecular weight excluding hydrogens is 504 g/mol. The highest BCUT2D eigenvalue weighted by Crippen LogP contribution is 2.60. The molecule has 34 heavy (non-hydrogen) atoms. The molecule has 3 rings (SSSR count). The van der Waals surface area contributed by atoms with Crippen LogP contribution in [-0.2, 0) is 23.9 Å². The van der Waals surface area contributed by atoms with Gasteiger partial charge in [-0.3, -0.25) is 14.4 Å². The quantitative estimate of drug-likeness (QED) is 0.157. The average molecular weight is 541 g/mol. The first-order valence-electron chi connectivity index (χ1n) is 12.3. The predicted octanol–water partition coefficient (Wildman–Crippen LogP) is 2.44. The summed E-state index contributed by atoms with van der Waals surface area (Å²) in [5, 5.41) is 9.44. The summed E-state index contributed by atoms with van der Waals surface area (Å²) >= 11 is 3.65. The van der Waals surface area contributed by atoms with E-state index in [-0.39, 0.29) is 36.4 Å². The number of ether oxygens (including phenoxy) is 2. The van der Waals surface area contributed by atoms with Gasteiger partial charge in [0.2, 0.25) is 11.8 Å². The third kappa shape index (κ3) is 4.84. The van der Waals surface area contributed by atoms with Crippen LogP contribution in [0.25, 0.3) is 0 Å². The number of likely N-dealkylation sites (tertiary alicyclic amines) is 1. The maximum absolute atomic E-state index is 13.9. The zero-order valence-electron chi connectivity index (χ0n) is 20.0. The summed E-state index contributed by atoms with van der Waals surface area (Å²) in [5.74, 6) is -2.46. The van der Waals surface area contributed by atoms with Crippen molar-refractivity contribution in [2.45, 2.75) is 68.0 Å². The molecule has 3 unspecified atom stereocenters. The van der Waals surface area contributed by atoms with Gasteiger partial charge in [-0.1, -0.05) is 41.4 Å². The van der Waals surface area contributed by atoms with Crippen molar-refractivity contribution >= 4 is 33.7 Å². The molecule has 0 aliphatic carbocycles. The largest absolute Gasteiger partial charge is 0.465 e. The number of unbranched alkanes of at least 4 members (excludes halogenated alkanes) is 2. The van der Waals surface area contributed by atoms with Crippen LogP contribution in [0.3, 0.4) is 0 Å². The van der Waals surface area contributed by atoms with Crippen molar-refractivity contribution in [2.75, 3.05) is 32.8 Å². The summed E-state index contributed by atoms with van der Waals surface area (Å²) in [6.45, 7) is 10.8. The predicted molar refractivity (Wildman–Crippen MR) is 131 cm³/mol. The van der Waals surface area contributed by atoms with E-state index in [1.165, 1.54) is 4.90 Å². The van der Waals surface area contributed by atoms with Crippen LogP contribution in [0.1, 0.15) is 45.4 Å². The van der Waals surface area contributed by atoms with Crippen LogP contribution in [0.15, 0.2) is 25.3 Å². The summed E-state index contributed by atoms with van der Waals surface area (Å²) in [6.07, 6.45) is 6.86. The van der Waals surface area contributed by atoms with Gasteiger partial charge in [-0.15, -0.1) is 13.2 Å². The van der Waals surface area contributed by atoms with E-state index in [1.54, 1.807) is 17.1 Å². The van der Waals surface area contributed by atoms with Crippen molar-refractivity contribution < 1.29 is 29.0 Å².